The van der Waals surface area contributed by atoms with E-state index in [0.717, 1.165) is 17.5 Å². The van der Waals surface area contributed by atoms with E-state index in [1.54, 1.807) is 6.07 Å². The van der Waals surface area contributed by atoms with Gasteiger partial charge in [-0.1, -0.05) is 0 Å². The molecule has 2 aliphatic carbocycles. The summed E-state index contributed by atoms with van der Waals surface area (Å²) in [6.45, 7) is -1.19. The van der Waals surface area contributed by atoms with Gasteiger partial charge in [-0.2, -0.15) is 23.4 Å². The van der Waals surface area contributed by atoms with E-state index >= 15 is 0 Å². The van der Waals surface area contributed by atoms with E-state index in [9.17, 15) is 44.7 Å². The number of ether oxygens (including phenoxy) is 1. The summed E-state index contributed by atoms with van der Waals surface area (Å²) in [5, 5.41) is 11.4. The molecule has 2 atom stereocenters. The van der Waals surface area contributed by atoms with E-state index < -0.39 is 80.4 Å². The maximum Gasteiger partial charge on any atom is 0.522 e. The first-order valence-corrected chi connectivity index (χ1v) is 14.6. The number of nitrogens with two attached hydrogens (primary N) is 1. The molecule has 2 fully saturated rings. The molecule has 2 amide bonds. The number of nitrogens with zero attached hydrogens (tertiary/aromatic N) is 5. The predicted octanol–water partition coefficient (Wildman–Crippen LogP) is 5.43. The van der Waals surface area contributed by atoms with Crippen molar-refractivity contribution in [2.24, 2.45) is 17.6 Å². The molecule has 0 saturated heterocycles. The molecule has 0 unspecified atom stereocenters. The molecule has 0 bridgehead atoms. The molecule has 0 spiro atoms. The Hall–Kier alpha value is -3.83. The monoisotopic (exact) mass is 665 g/mol. The van der Waals surface area contributed by atoms with Crippen LogP contribution in [0.4, 0.5) is 35.1 Å². The van der Waals surface area contributed by atoms with Crippen molar-refractivity contribution < 1.29 is 49.4 Å². The van der Waals surface area contributed by atoms with E-state index in [2.05, 4.69) is 25.2 Å². The topological polar surface area (TPSA) is 129 Å². The summed E-state index contributed by atoms with van der Waals surface area (Å²) in [6.07, 6.45) is -6.54. The average molecular weight is 666 g/mol. The first-order chi connectivity index (χ1) is 21.5. The van der Waals surface area contributed by atoms with Crippen molar-refractivity contribution in [2.45, 2.75) is 88.3 Å². The minimum absolute atomic E-state index is 0.00594. The van der Waals surface area contributed by atoms with Gasteiger partial charge >= 0.3 is 12.5 Å². The molecule has 3 heterocycles. The van der Waals surface area contributed by atoms with Crippen LogP contribution in [0.3, 0.4) is 0 Å². The minimum Gasteiger partial charge on any atom is -0.365 e. The highest BCUT2D eigenvalue weighted by atomic mass is 19.4. The van der Waals surface area contributed by atoms with E-state index in [4.69, 9.17) is 5.73 Å². The van der Waals surface area contributed by atoms with Crippen molar-refractivity contribution in [3.63, 3.8) is 0 Å². The third-order valence-corrected chi connectivity index (χ3v) is 8.25. The van der Waals surface area contributed by atoms with Crippen LogP contribution in [0.25, 0.3) is 5.65 Å². The van der Waals surface area contributed by atoms with Crippen molar-refractivity contribution in [1.29, 1.82) is 0 Å². The number of alkyl halides is 8. The van der Waals surface area contributed by atoms with Gasteiger partial charge in [0, 0.05) is 25.5 Å². The molecule has 2 saturated carbocycles. The first-order valence-electron chi connectivity index (χ1n) is 14.6. The number of rotatable bonds is 12. The van der Waals surface area contributed by atoms with Gasteiger partial charge < -0.3 is 11.1 Å². The van der Waals surface area contributed by atoms with Crippen LogP contribution in [-0.4, -0.2) is 61.3 Å². The lowest BCUT2D eigenvalue weighted by molar-refractivity contribution is -0.325. The van der Waals surface area contributed by atoms with Gasteiger partial charge in [-0.25, -0.2) is 18.3 Å². The summed E-state index contributed by atoms with van der Waals surface area (Å²) in [5.41, 5.74) is 6.62. The molecule has 0 aliphatic heterocycles. The summed E-state index contributed by atoms with van der Waals surface area (Å²) < 4.78 is 110. The molecule has 3 N–H and O–H groups in total. The highest BCUT2D eigenvalue weighted by molar-refractivity contribution is 5.94. The average Bonchev–Trinajstić information content (AvgIpc) is 3.57. The molecule has 46 heavy (non-hydrogen) atoms. The molecule has 5 rings (SSSR count). The number of amides is 2. The van der Waals surface area contributed by atoms with Gasteiger partial charge in [0.1, 0.15) is 0 Å². The van der Waals surface area contributed by atoms with E-state index in [-0.39, 0.29) is 47.9 Å². The smallest absolute Gasteiger partial charge is 0.365 e. The summed E-state index contributed by atoms with van der Waals surface area (Å²) in [5.74, 6) is -5.95. The highest BCUT2D eigenvalue weighted by Crippen LogP contribution is 2.45. The number of aromatic nitrogens is 5. The number of carbonyl (C=O) groups is 2. The summed E-state index contributed by atoms with van der Waals surface area (Å²) in [6, 6.07) is 1.00. The lowest BCUT2D eigenvalue weighted by Crippen LogP contribution is -2.30. The van der Waals surface area contributed by atoms with Gasteiger partial charge in [0.05, 0.1) is 60.9 Å². The van der Waals surface area contributed by atoms with Gasteiger partial charge in [-0.3, -0.25) is 19.0 Å². The van der Waals surface area contributed by atoms with Crippen molar-refractivity contribution in [3.05, 3.63) is 47.2 Å². The Kier molecular flexibility index (Phi) is 9.30. The summed E-state index contributed by atoms with van der Waals surface area (Å²) >= 11 is 0. The Morgan fingerprint density at radius 1 is 1.07 bits per heavy atom. The molecule has 0 aromatic carbocycles. The largest absolute Gasteiger partial charge is 0.522 e. The van der Waals surface area contributed by atoms with Crippen LogP contribution in [0, 0.1) is 11.8 Å². The molecule has 3 aromatic heterocycles. The zero-order valence-corrected chi connectivity index (χ0v) is 24.3. The number of halogens is 8. The van der Waals surface area contributed by atoms with E-state index in [1.807, 2.05) is 0 Å². The fraction of sp³-hybridized carbons (Fsp3) is 0.607. The van der Waals surface area contributed by atoms with Gasteiger partial charge in [-0.15, -0.1) is 13.2 Å². The number of hydrogen-bond acceptors (Lipinski definition) is 6. The molecular formula is C28H31F8N7O3. The molecule has 252 valence electrons. The fourth-order valence-electron chi connectivity index (χ4n) is 5.86. The van der Waals surface area contributed by atoms with Crippen molar-refractivity contribution >= 4 is 17.5 Å². The van der Waals surface area contributed by atoms with Crippen LogP contribution in [0.1, 0.15) is 90.6 Å². The van der Waals surface area contributed by atoms with E-state index in [0.29, 0.717) is 5.56 Å². The Balaban J connectivity index is 1.47. The number of imidazole rings is 1. The molecule has 3 aromatic rings. The Morgan fingerprint density at radius 3 is 2.37 bits per heavy atom. The third-order valence-electron chi connectivity index (χ3n) is 8.25. The summed E-state index contributed by atoms with van der Waals surface area (Å²) in [7, 11) is 0. The predicted molar refractivity (Wildman–Crippen MR) is 143 cm³/mol. The lowest BCUT2D eigenvalue weighted by Gasteiger charge is -2.32. The Labute approximate surface area is 256 Å². The van der Waals surface area contributed by atoms with Crippen molar-refractivity contribution in [1.82, 2.24) is 29.7 Å². The van der Waals surface area contributed by atoms with Gasteiger partial charge in [-0.05, 0) is 49.1 Å². The van der Waals surface area contributed by atoms with Crippen molar-refractivity contribution in [2.75, 3.05) is 6.61 Å². The van der Waals surface area contributed by atoms with Crippen molar-refractivity contribution in [3.8, 4) is 0 Å². The van der Waals surface area contributed by atoms with Gasteiger partial charge in [0.15, 0.2) is 5.65 Å². The van der Waals surface area contributed by atoms with E-state index in [1.165, 1.54) is 23.1 Å². The van der Waals surface area contributed by atoms with Crippen LogP contribution in [0.5, 0.6) is 0 Å². The second kappa shape index (κ2) is 12.8. The Bertz CT molecular complexity index is 1550. The second-order valence-corrected chi connectivity index (χ2v) is 11.8. The number of carbonyl (C=O) groups excluding carboxylic acids is 2. The first kappa shape index (κ1) is 33.5. The standard InChI is InChI=1S/C28H31F8N7O3/c29-26(30)6-3-15(4-7-26)22(24-18(25(37)45)13-42(41-24)9-10-46-28(34,35)36)19-14-43-20(39-19)11-17(12-38-43)23(16-1-2-16)40-21(44)5-8-27(31,32)33/h11-16,22-23H,1-10H2,(H2,37,45)(H,40,44)/t22-,23+/m0/s1. The zero-order valence-electron chi connectivity index (χ0n) is 24.3. The number of nitrogens with one attached hydrogen (secondary N) is 1. The highest BCUT2D eigenvalue weighted by Gasteiger charge is 2.42. The second-order valence-electron chi connectivity index (χ2n) is 11.8. The number of primary amides is 1. The van der Waals surface area contributed by atoms with Crippen LogP contribution >= 0.6 is 0 Å². The molecule has 10 nitrogen and oxygen atoms in total. The zero-order chi connectivity index (χ0) is 33.4. The van der Waals surface area contributed by atoms with Gasteiger partial charge in [0.25, 0.3) is 5.91 Å². The molecular weight excluding hydrogens is 634 g/mol. The summed E-state index contributed by atoms with van der Waals surface area (Å²) in [4.78, 5) is 29.4. The molecule has 18 heteroatoms. The molecule has 0 radical (unpaired) electrons. The van der Waals surface area contributed by atoms with Crippen LogP contribution in [-0.2, 0) is 16.1 Å². The van der Waals surface area contributed by atoms with Gasteiger partial charge in [0.2, 0.25) is 11.8 Å². The van der Waals surface area contributed by atoms with Crippen LogP contribution in [0.15, 0.2) is 24.7 Å². The van der Waals surface area contributed by atoms with Crippen LogP contribution in [0.2, 0.25) is 0 Å². The number of hydrogen-bond donors (Lipinski definition) is 2. The third kappa shape index (κ3) is 8.50. The minimum atomic E-state index is -4.88. The fourth-order valence-corrected chi connectivity index (χ4v) is 5.86. The van der Waals surface area contributed by atoms with Crippen LogP contribution < -0.4 is 11.1 Å². The maximum absolute atomic E-state index is 14.1. The normalized spacial score (nSPS) is 18.9. The lowest BCUT2D eigenvalue weighted by atomic mass is 9.75. The maximum atomic E-state index is 14.1. The Morgan fingerprint density at radius 2 is 1.76 bits per heavy atom. The number of fused-ring (bicyclic) bond motifs is 1. The quantitative estimate of drug-likeness (QED) is 0.249. The SMILES string of the molecule is NC(=O)c1cn(CCOC(F)(F)F)nc1[C@H](c1cn2ncc([C@H](NC(=O)CCC(F)(F)F)C3CC3)cc2n1)C1CCC(F)(F)CC1. The molecule has 2 aliphatic rings.